The molecule has 9 heteroatoms. The molecule has 2 amide bonds. The number of aryl methyl sites for hydroxylation is 2. The second-order valence-electron chi connectivity index (χ2n) is 8.60. The lowest BCUT2D eigenvalue weighted by Crippen LogP contribution is -2.50. The lowest BCUT2D eigenvalue weighted by Gasteiger charge is -2.31. The minimum Gasteiger partial charge on any atom is -0.357 e. The van der Waals surface area contributed by atoms with E-state index in [9.17, 15) is 18.0 Å². The number of carbonyl (C=O) groups excluding carboxylic acids is 2. The molecule has 0 saturated carbocycles. The smallest absolute Gasteiger partial charge is 0.264 e. The van der Waals surface area contributed by atoms with Crippen LogP contribution in [0.3, 0.4) is 0 Å². The van der Waals surface area contributed by atoms with Gasteiger partial charge in [-0.25, -0.2) is 8.42 Å². The average molecular weight is 573 g/mol. The molecule has 1 N–H and O–H groups in total. The zero-order valence-electron chi connectivity index (χ0n) is 20.7. The van der Waals surface area contributed by atoms with Crippen LogP contribution >= 0.6 is 15.9 Å². The summed E-state index contributed by atoms with van der Waals surface area (Å²) in [6.07, 6.45) is 0. The SMILES string of the molecule is CNC(=O)C(C)N(Cc1ccc(Br)cc1)C(=O)CN(c1ccc(C)cc1)S(=O)(=O)c1ccc(C)cc1. The summed E-state index contributed by atoms with van der Waals surface area (Å²) in [6, 6.07) is 20.0. The fourth-order valence-corrected chi connectivity index (χ4v) is 5.33. The second kappa shape index (κ2) is 11.7. The number of carbonyl (C=O) groups is 2. The van der Waals surface area contributed by atoms with E-state index in [0.717, 1.165) is 25.5 Å². The zero-order valence-corrected chi connectivity index (χ0v) is 23.1. The molecule has 0 aliphatic carbocycles. The van der Waals surface area contributed by atoms with E-state index in [4.69, 9.17) is 0 Å². The molecule has 0 heterocycles. The van der Waals surface area contributed by atoms with Gasteiger partial charge in [0.1, 0.15) is 12.6 Å². The second-order valence-corrected chi connectivity index (χ2v) is 11.4. The number of hydrogen-bond acceptors (Lipinski definition) is 4. The zero-order chi connectivity index (χ0) is 26.5. The third-order valence-electron chi connectivity index (χ3n) is 5.89. The van der Waals surface area contributed by atoms with Crippen LogP contribution in [0, 0.1) is 13.8 Å². The first kappa shape index (κ1) is 27.4. The number of benzene rings is 3. The minimum absolute atomic E-state index is 0.0836. The highest BCUT2D eigenvalue weighted by atomic mass is 79.9. The molecule has 1 unspecified atom stereocenters. The van der Waals surface area contributed by atoms with Crippen molar-refractivity contribution >= 4 is 43.5 Å². The van der Waals surface area contributed by atoms with Gasteiger partial charge in [-0.1, -0.05) is 63.5 Å². The Morgan fingerprint density at radius 3 is 1.94 bits per heavy atom. The summed E-state index contributed by atoms with van der Waals surface area (Å²) < 4.78 is 29.4. The van der Waals surface area contributed by atoms with Gasteiger partial charge in [0.25, 0.3) is 10.0 Å². The highest BCUT2D eigenvalue weighted by Crippen LogP contribution is 2.25. The standard InChI is InChI=1S/C27H30BrN3O4S/c1-19-5-13-24(14-6-19)31(36(34,35)25-15-7-20(2)8-16-25)18-26(32)30(21(3)27(33)29-4)17-22-9-11-23(28)12-10-22/h5-16,21H,17-18H2,1-4H3,(H,29,33). The number of nitrogens with zero attached hydrogens (tertiary/aromatic N) is 2. The van der Waals surface area contributed by atoms with Gasteiger partial charge >= 0.3 is 0 Å². The monoisotopic (exact) mass is 571 g/mol. The van der Waals surface area contributed by atoms with Crippen molar-refractivity contribution in [2.45, 2.75) is 38.3 Å². The van der Waals surface area contributed by atoms with Crippen LogP contribution in [-0.4, -0.2) is 44.8 Å². The summed E-state index contributed by atoms with van der Waals surface area (Å²) >= 11 is 3.40. The average Bonchev–Trinajstić information content (AvgIpc) is 2.86. The summed E-state index contributed by atoms with van der Waals surface area (Å²) in [7, 11) is -2.56. The van der Waals surface area contributed by atoms with Crippen LogP contribution in [0.25, 0.3) is 0 Å². The molecule has 0 aromatic heterocycles. The van der Waals surface area contributed by atoms with E-state index >= 15 is 0 Å². The molecule has 190 valence electrons. The van der Waals surface area contributed by atoms with Gasteiger partial charge in [-0.2, -0.15) is 0 Å². The highest BCUT2D eigenvalue weighted by molar-refractivity contribution is 9.10. The Kier molecular flexibility index (Phi) is 8.92. The van der Waals surface area contributed by atoms with E-state index in [0.29, 0.717) is 5.69 Å². The topological polar surface area (TPSA) is 86.8 Å². The summed E-state index contributed by atoms with van der Waals surface area (Å²) in [5, 5.41) is 2.58. The summed E-state index contributed by atoms with van der Waals surface area (Å²) in [5.74, 6) is -0.839. The van der Waals surface area contributed by atoms with Crippen LogP contribution in [0.2, 0.25) is 0 Å². The molecule has 3 aromatic carbocycles. The molecule has 0 aliphatic heterocycles. The Bertz CT molecular complexity index is 1310. The largest absolute Gasteiger partial charge is 0.357 e. The van der Waals surface area contributed by atoms with E-state index < -0.39 is 28.5 Å². The maximum atomic E-state index is 13.7. The van der Waals surface area contributed by atoms with Crippen LogP contribution in [0.15, 0.2) is 82.2 Å². The third kappa shape index (κ3) is 6.53. The molecule has 7 nitrogen and oxygen atoms in total. The fraction of sp³-hybridized carbons (Fsp3) is 0.259. The first-order valence-corrected chi connectivity index (χ1v) is 13.7. The van der Waals surface area contributed by atoms with E-state index in [1.54, 1.807) is 43.3 Å². The van der Waals surface area contributed by atoms with E-state index in [-0.39, 0.29) is 17.3 Å². The fourth-order valence-electron chi connectivity index (χ4n) is 3.66. The number of anilines is 1. The highest BCUT2D eigenvalue weighted by Gasteiger charge is 2.32. The van der Waals surface area contributed by atoms with E-state index in [1.807, 2.05) is 38.1 Å². The number of amides is 2. The van der Waals surface area contributed by atoms with Crippen LogP contribution in [0.1, 0.15) is 23.6 Å². The summed E-state index contributed by atoms with van der Waals surface area (Å²) in [5.41, 5.74) is 3.06. The van der Waals surface area contributed by atoms with Crippen LogP contribution < -0.4 is 9.62 Å². The molecule has 0 aliphatic rings. The van der Waals surface area contributed by atoms with Crippen molar-refractivity contribution in [2.75, 3.05) is 17.9 Å². The number of hydrogen-bond donors (Lipinski definition) is 1. The molecule has 3 rings (SSSR count). The molecule has 3 aromatic rings. The minimum atomic E-state index is -4.06. The van der Waals surface area contributed by atoms with Crippen LogP contribution in [0.4, 0.5) is 5.69 Å². The van der Waals surface area contributed by atoms with Crippen molar-refractivity contribution < 1.29 is 18.0 Å². The van der Waals surface area contributed by atoms with Gasteiger partial charge in [0.15, 0.2) is 0 Å². The number of rotatable bonds is 9. The van der Waals surface area contributed by atoms with Crippen molar-refractivity contribution in [1.29, 1.82) is 0 Å². The van der Waals surface area contributed by atoms with Gasteiger partial charge < -0.3 is 10.2 Å². The maximum absolute atomic E-state index is 13.7. The molecular formula is C27H30BrN3O4S. The van der Waals surface area contributed by atoms with Crippen LogP contribution in [0.5, 0.6) is 0 Å². The molecule has 0 saturated heterocycles. The Morgan fingerprint density at radius 2 is 1.42 bits per heavy atom. The van der Waals surface area contributed by atoms with E-state index in [2.05, 4.69) is 21.2 Å². The first-order chi connectivity index (χ1) is 17.0. The van der Waals surface area contributed by atoms with Gasteiger partial charge in [-0.05, 0) is 62.7 Å². The predicted octanol–water partition coefficient (Wildman–Crippen LogP) is 4.42. The van der Waals surface area contributed by atoms with E-state index in [1.165, 1.54) is 24.1 Å². The van der Waals surface area contributed by atoms with Crippen LogP contribution in [-0.2, 0) is 26.2 Å². The van der Waals surface area contributed by atoms with Crippen molar-refractivity contribution in [1.82, 2.24) is 10.2 Å². The molecule has 1 atom stereocenters. The van der Waals surface area contributed by atoms with Crippen molar-refractivity contribution in [3.63, 3.8) is 0 Å². The Hall–Kier alpha value is -3.17. The first-order valence-electron chi connectivity index (χ1n) is 11.4. The van der Waals surface area contributed by atoms with Gasteiger partial charge in [0.05, 0.1) is 10.6 Å². The number of halogens is 1. The molecule has 0 radical (unpaired) electrons. The normalized spacial score (nSPS) is 12.0. The lowest BCUT2D eigenvalue weighted by molar-refractivity contribution is -0.139. The molecule has 0 spiro atoms. The van der Waals surface area contributed by atoms with Gasteiger partial charge in [0.2, 0.25) is 11.8 Å². The Balaban J connectivity index is 2.01. The third-order valence-corrected chi connectivity index (χ3v) is 8.21. The molecule has 0 fully saturated rings. The van der Waals surface area contributed by atoms with Crippen molar-refractivity contribution in [3.8, 4) is 0 Å². The van der Waals surface area contributed by atoms with Gasteiger partial charge in [0, 0.05) is 18.1 Å². The Morgan fingerprint density at radius 1 is 0.889 bits per heavy atom. The van der Waals surface area contributed by atoms with Crippen molar-refractivity contribution in [2.24, 2.45) is 0 Å². The predicted molar refractivity (Wildman–Crippen MR) is 145 cm³/mol. The maximum Gasteiger partial charge on any atom is 0.264 e. The molecular weight excluding hydrogens is 542 g/mol. The lowest BCUT2D eigenvalue weighted by atomic mass is 10.1. The number of likely N-dealkylation sites (N-methyl/N-ethyl adjacent to an activating group) is 1. The molecule has 36 heavy (non-hydrogen) atoms. The van der Waals surface area contributed by atoms with Gasteiger partial charge in [-0.15, -0.1) is 0 Å². The summed E-state index contributed by atoms with van der Waals surface area (Å²) in [4.78, 5) is 27.7. The Labute approximate surface area is 221 Å². The number of sulfonamides is 1. The molecule has 0 bridgehead atoms. The van der Waals surface area contributed by atoms with Crippen molar-refractivity contribution in [3.05, 3.63) is 94.0 Å². The quantitative estimate of drug-likeness (QED) is 0.411. The van der Waals surface area contributed by atoms with Gasteiger partial charge in [-0.3, -0.25) is 13.9 Å². The summed E-state index contributed by atoms with van der Waals surface area (Å²) in [6.45, 7) is 5.08. The number of nitrogens with one attached hydrogen (secondary N) is 1.